The van der Waals surface area contributed by atoms with Crippen LogP contribution in [0.2, 0.25) is 0 Å². The molecule has 1 aliphatic rings. The van der Waals surface area contributed by atoms with E-state index >= 15 is 0 Å². The van der Waals surface area contributed by atoms with Gasteiger partial charge in [0, 0.05) is 39.1 Å². The Balaban J connectivity index is 1.35. The lowest BCUT2D eigenvalue weighted by molar-refractivity contribution is 1.03. The number of benzene rings is 6. The van der Waals surface area contributed by atoms with Gasteiger partial charge in [0.2, 0.25) is 0 Å². The van der Waals surface area contributed by atoms with E-state index in [4.69, 9.17) is 4.98 Å². The minimum Gasteiger partial charge on any atom is -0.246 e. The summed E-state index contributed by atoms with van der Waals surface area (Å²) in [6, 6.07) is 46.4. The summed E-state index contributed by atoms with van der Waals surface area (Å²) in [7, 11) is -0.569. The Hall–Kier alpha value is -4.23. The molecule has 0 fully saturated rings. The third kappa shape index (κ3) is 4.52. The Morgan fingerprint density at radius 2 is 1.24 bits per heavy atom. The topological polar surface area (TPSA) is 12.9 Å². The number of hydrogen-bond acceptors (Lipinski definition) is 2. The van der Waals surface area contributed by atoms with Gasteiger partial charge in [-0.25, -0.2) is 4.98 Å². The normalized spacial score (nSPS) is 14.0. The molecule has 1 aliphatic carbocycles. The van der Waals surface area contributed by atoms with Gasteiger partial charge >= 0.3 is 0 Å². The van der Waals surface area contributed by atoms with Gasteiger partial charge in [0.05, 0.1) is 11.0 Å². The van der Waals surface area contributed by atoms with Crippen LogP contribution in [0.4, 0.5) is 0 Å². The molecule has 0 saturated carbocycles. The molecule has 0 aliphatic heterocycles. The van der Waals surface area contributed by atoms with Crippen molar-refractivity contribution in [2.75, 3.05) is 0 Å². The van der Waals surface area contributed by atoms with Crippen LogP contribution in [-0.2, 0) is 0 Å². The SMILES string of the molecule is C1=CC(P(Sc2cccc(-c3c4ccc5ccccc5c4nc4c3ccc3ccccc34)c2)c2ccccc2)=CCC1. The minimum absolute atomic E-state index is 0.569. The van der Waals surface area contributed by atoms with E-state index in [1.54, 1.807) is 0 Å². The van der Waals surface area contributed by atoms with Gasteiger partial charge in [0.1, 0.15) is 0 Å². The van der Waals surface area contributed by atoms with Crippen LogP contribution in [0.3, 0.4) is 0 Å². The van der Waals surface area contributed by atoms with Crippen LogP contribution >= 0.6 is 18.5 Å². The van der Waals surface area contributed by atoms with Crippen LogP contribution in [0, 0.1) is 0 Å². The van der Waals surface area contributed by atoms with Gasteiger partial charge in [-0.3, -0.25) is 0 Å². The van der Waals surface area contributed by atoms with Crippen LogP contribution in [-0.4, -0.2) is 4.98 Å². The second-order valence-electron chi connectivity index (χ2n) is 10.7. The summed E-state index contributed by atoms with van der Waals surface area (Å²) in [6.07, 6.45) is 9.37. The largest absolute Gasteiger partial charge is 0.246 e. The van der Waals surface area contributed by atoms with Crippen molar-refractivity contribution in [2.24, 2.45) is 0 Å². The molecule has 0 bridgehead atoms. The number of hydrogen-bond donors (Lipinski definition) is 0. The predicted molar refractivity (Wildman–Crippen MR) is 185 cm³/mol. The Kier molecular flexibility index (Phi) is 6.60. The van der Waals surface area contributed by atoms with E-state index in [2.05, 4.69) is 146 Å². The van der Waals surface area contributed by atoms with Crippen LogP contribution in [0.15, 0.2) is 156 Å². The fourth-order valence-corrected chi connectivity index (χ4v) is 10.5. The Morgan fingerprint density at radius 3 is 1.90 bits per heavy atom. The summed E-state index contributed by atoms with van der Waals surface area (Å²) in [5, 5.41) is 10.1. The van der Waals surface area contributed by atoms with E-state index in [1.807, 2.05) is 11.4 Å². The first-order valence-corrected chi connectivity index (χ1v) is 17.2. The predicted octanol–water partition coefficient (Wildman–Crippen LogP) is 11.4. The molecule has 1 unspecified atom stereocenters. The summed E-state index contributed by atoms with van der Waals surface area (Å²) in [5.41, 5.74) is 4.62. The molecule has 1 heterocycles. The van der Waals surface area contributed by atoms with Gasteiger partial charge in [-0.15, -0.1) is 0 Å². The lowest BCUT2D eigenvalue weighted by Crippen LogP contribution is -1.99. The molecule has 42 heavy (non-hydrogen) atoms. The molecule has 6 aromatic carbocycles. The van der Waals surface area contributed by atoms with E-state index in [0.29, 0.717) is 0 Å². The van der Waals surface area contributed by atoms with Gasteiger partial charge in [-0.05, 0) is 51.9 Å². The van der Waals surface area contributed by atoms with E-state index in [-0.39, 0.29) is 0 Å². The third-order valence-corrected chi connectivity index (χ3v) is 12.7. The zero-order chi connectivity index (χ0) is 27.9. The van der Waals surface area contributed by atoms with E-state index in [1.165, 1.54) is 59.0 Å². The Bertz CT molecular complexity index is 2090. The van der Waals surface area contributed by atoms with Crippen molar-refractivity contribution in [1.82, 2.24) is 4.98 Å². The smallest absolute Gasteiger partial charge is 0.0794 e. The summed E-state index contributed by atoms with van der Waals surface area (Å²) < 4.78 is 0. The van der Waals surface area contributed by atoms with Gasteiger partial charge in [0.15, 0.2) is 0 Å². The average Bonchev–Trinajstić information content (AvgIpc) is 3.07. The summed E-state index contributed by atoms with van der Waals surface area (Å²) in [6.45, 7) is 0. The molecule has 0 amide bonds. The molecule has 3 heteroatoms. The van der Waals surface area contributed by atoms with Crippen LogP contribution < -0.4 is 5.30 Å². The molecule has 0 spiro atoms. The van der Waals surface area contributed by atoms with Crippen molar-refractivity contribution in [3.8, 4) is 11.1 Å². The fourth-order valence-electron chi connectivity index (χ4n) is 6.10. The Morgan fingerprint density at radius 1 is 0.571 bits per heavy atom. The standard InChI is InChI=1S/C39H28NPS/c1-3-15-30(16-4-1)41(31-17-5-2-6-18-31)42-32-19-11-14-29(26-32)37-35-24-22-27-12-7-9-20-33(27)38(35)40-39-34-21-10-8-13-28(34)23-25-36(37)39/h1,3-5,7-26H,2,6H2. The maximum absolute atomic E-state index is 5.37. The highest BCUT2D eigenvalue weighted by Crippen LogP contribution is 2.60. The molecule has 0 saturated heterocycles. The number of aromatic nitrogens is 1. The summed E-state index contributed by atoms with van der Waals surface area (Å²) in [5.74, 6) is 0. The van der Waals surface area contributed by atoms with Crippen LogP contribution in [0.1, 0.15) is 12.8 Å². The lowest BCUT2D eigenvalue weighted by atomic mass is 9.92. The zero-order valence-corrected chi connectivity index (χ0v) is 24.8. The summed E-state index contributed by atoms with van der Waals surface area (Å²) in [4.78, 5) is 6.67. The quantitative estimate of drug-likeness (QED) is 0.115. The van der Waals surface area contributed by atoms with Gasteiger partial charge < -0.3 is 0 Å². The highest BCUT2D eigenvalue weighted by molar-refractivity contribution is 8.59. The highest BCUT2D eigenvalue weighted by Gasteiger charge is 2.19. The van der Waals surface area contributed by atoms with Crippen molar-refractivity contribution in [3.05, 3.63) is 151 Å². The molecule has 8 rings (SSSR count). The first-order valence-electron chi connectivity index (χ1n) is 14.5. The second kappa shape index (κ2) is 10.9. The lowest BCUT2D eigenvalue weighted by Gasteiger charge is -2.21. The molecule has 1 nitrogen and oxygen atoms in total. The van der Waals surface area contributed by atoms with Gasteiger partial charge in [0.25, 0.3) is 0 Å². The maximum Gasteiger partial charge on any atom is 0.0794 e. The van der Waals surface area contributed by atoms with E-state index in [9.17, 15) is 0 Å². The van der Waals surface area contributed by atoms with Crippen molar-refractivity contribution in [2.45, 2.75) is 17.7 Å². The molecule has 1 atom stereocenters. The number of rotatable bonds is 5. The van der Waals surface area contributed by atoms with Gasteiger partial charge in [-0.2, -0.15) is 0 Å². The number of fused-ring (bicyclic) bond motifs is 6. The van der Waals surface area contributed by atoms with Crippen LogP contribution in [0.5, 0.6) is 0 Å². The fraction of sp³-hybridized carbons (Fsp3) is 0.0513. The number of allylic oxidation sites excluding steroid dienone is 4. The summed E-state index contributed by atoms with van der Waals surface area (Å²) >= 11 is 2.00. The molecule has 0 N–H and O–H groups in total. The molecular formula is C39H28NPS. The molecule has 7 aromatic rings. The first-order chi connectivity index (χ1) is 20.8. The van der Waals surface area contributed by atoms with Crippen molar-refractivity contribution < 1.29 is 0 Å². The molecule has 1 aromatic heterocycles. The monoisotopic (exact) mass is 573 g/mol. The molecule has 200 valence electrons. The maximum atomic E-state index is 5.37. The Labute approximate surface area is 251 Å². The highest BCUT2D eigenvalue weighted by atomic mass is 32.7. The minimum atomic E-state index is -0.569. The van der Waals surface area contributed by atoms with Crippen molar-refractivity contribution >= 4 is 67.2 Å². The third-order valence-electron chi connectivity index (χ3n) is 8.08. The number of nitrogens with zero attached hydrogens (tertiary/aromatic N) is 1. The van der Waals surface area contributed by atoms with E-state index < -0.39 is 7.12 Å². The van der Waals surface area contributed by atoms with Gasteiger partial charge in [-0.1, -0.05) is 145 Å². The van der Waals surface area contributed by atoms with Crippen molar-refractivity contribution in [3.63, 3.8) is 0 Å². The molecular weight excluding hydrogens is 545 g/mol. The molecule has 0 radical (unpaired) electrons. The zero-order valence-electron chi connectivity index (χ0n) is 23.1. The second-order valence-corrected chi connectivity index (χ2v) is 14.6. The van der Waals surface area contributed by atoms with Crippen molar-refractivity contribution in [1.29, 1.82) is 0 Å². The first kappa shape index (κ1) is 25.5. The number of pyridine rings is 1. The van der Waals surface area contributed by atoms with Crippen LogP contribution in [0.25, 0.3) is 54.5 Å². The average molecular weight is 574 g/mol. The van der Waals surface area contributed by atoms with E-state index in [0.717, 1.165) is 23.9 Å².